The van der Waals surface area contributed by atoms with Crippen molar-refractivity contribution < 1.29 is 17.0 Å². The summed E-state index contributed by atoms with van der Waals surface area (Å²) in [7, 11) is -4.07. The second-order valence-electron chi connectivity index (χ2n) is 9.07. The molecule has 0 atom stereocenters. The SMILES string of the molecule is CCCCC(=C1C2CC3CC(C2)CC1C3)c1nc2ccc(OS(N)(=O)=O)cc2o1. The van der Waals surface area contributed by atoms with Crippen molar-refractivity contribution in [2.45, 2.75) is 58.3 Å². The van der Waals surface area contributed by atoms with E-state index in [2.05, 4.69) is 6.92 Å². The Morgan fingerprint density at radius 3 is 2.48 bits per heavy atom. The molecule has 0 spiro atoms. The molecule has 1 aromatic carbocycles. The Hall–Kier alpha value is -1.86. The van der Waals surface area contributed by atoms with Gasteiger partial charge in [-0.2, -0.15) is 13.6 Å². The van der Waals surface area contributed by atoms with E-state index in [-0.39, 0.29) is 5.75 Å². The normalized spacial score (nSPS) is 28.3. The van der Waals surface area contributed by atoms with Crippen LogP contribution in [0.25, 0.3) is 16.7 Å². The van der Waals surface area contributed by atoms with Gasteiger partial charge in [-0.1, -0.05) is 18.9 Å². The summed E-state index contributed by atoms with van der Waals surface area (Å²) in [5.74, 6) is 4.04. The summed E-state index contributed by atoms with van der Waals surface area (Å²) in [6, 6.07) is 4.83. The largest absolute Gasteiger partial charge is 0.436 e. The molecule has 4 aliphatic carbocycles. The van der Waals surface area contributed by atoms with Crippen molar-refractivity contribution in [1.29, 1.82) is 0 Å². The molecule has 0 radical (unpaired) electrons. The monoisotopic (exact) mass is 416 g/mol. The maximum atomic E-state index is 11.2. The van der Waals surface area contributed by atoms with Gasteiger partial charge in [0, 0.05) is 11.6 Å². The predicted molar refractivity (Wildman–Crippen MR) is 111 cm³/mol. The van der Waals surface area contributed by atoms with Gasteiger partial charge in [0.1, 0.15) is 11.3 Å². The summed E-state index contributed by atoms with van der Waals surface area (Å²) in [6.07, 6.45) is 9.96. The number of unbranched alkanes of at least 4 members (excludes halogenated alkanes) is 1. The van der Waals surface area contributed by atoms with E-state index < -0.39 is 10.3 Å². The first-order chi connectivity index (χ1) is 13.9. The Bertz CT molecular complexity index is 1040. The van der Waals surface area contributed by atoms with Gasteiger partial charge in [-0.3, -0.25) is 0 Å². The first-order valence-electron chi connectivity index (χ1n) is 10.8. The molecular weight excluding hydrogens is 388 g/mol. The van der Waals surface area contributed by atoms with Gasteiger partial charge in [0.25, 0.3) is 0 Å². The second kappa shape index (κ2) is 7.13. The number of aromatic nitrogens is 1. The van der Waals surface area contributed by atoms with Crippen LogP contribution in [0.4, 0.5) is 0 Å². The first-order valence-corrected chi connectivity index (χ1v) is 12.2. The molecule has 29 heavy (non-hydrogen) atoms. The van der Waals surface area contributed by atoms with E-state index in [4.69, 9.17) is 18.7 Å². The zero-order valence-electron chi connectivity index (χ0n) is 16.8. The van der Waals surface area contributed by atoms with Gasteiger partial charge in [-0.05, 0) is 80.8 Å². The van der Waals surface area contributed by atoms with Crippen molar-refractivity contribution in [3.05, 3.63) is 29.7 Å². The zero-order chi connectivity index (χ0) is 20.2. The van der Waals surface area contributed by atoms with E-state index in [0.29, 0.717) is 28.8 Å². The Morgan fingerprint density at radius 2 is 1.86 bits per heavy atom. The van der Waals surface area contributed by atoms with Crippen molar-refractivity contribution in [3.63, 3.8) is 0 Å². The van der Waals surface area contributed by atoms with Crippen LogP contribution in [-0.2, 0) is 10.3 Å². The molecule has 1 aromatic heterocycles. The molecule has 7 heteroatoms. The molecule has 0 amide bonds. The highest BCUT2D eigenvalue weighted by Crippen LogP contribution is 2.58. The van der Waals surface area contributed by atoms with E-state index in [9.17, 15) is 8.42 Å². The fourth-order valence-electron chi connectivity index (χ4n) is 6.13. The molecule has 0 saturated heterocycles. The quantitative estimate of drug-likeness (QED) is 0.729. The lowest BCUT2D eigenvalue weighted by atomic mass is 9.53. The molecule has 156 valence electrons. The van der Waals surface area contributed by atoms with Gasteiger partial charge in [-0.15, -0.1) is 0 Å². The van der Waals surface area contributed by atoms with Crippen LogP contribution in [0, 0.1) is 23.7 Å². The van der Waals surface area contributed by atoms with E-state index in [1.807, 2.05) is 0 Å². The van der Waals surface area contributed by atoms with Gasteiger partial charge in [0.15, 0.2) is 5.58 Å². The van der Waals surface area contributed by atoms with Crippen LogP contribution in [0.1, 0.15) is 64.2 Å². The summed E-state index contributed by atoms with van der Waals surface area (Å²) < 4.78 is 33.4. The first kappa shape index (κ1) is 19.1. The fourth-order valence-corrected chi connectivity index (χ4v) is 6.50. The van der Waals surface area contributed by atoms with Crippen molar-refractivity contribution in [2.24, 2.45) is 28.8 Å². The topological polar surface area (TPSA) is 95.4 Å². The highest BCUT2D eigenvalue weighted by Gasteiger charge is 2.46. The molecule has 1 heterocycles. The number of hydrogen-bond donors (Lipinski definition) is 1. The maximum absolute atomic E-state index is 11.2. The maximum Gasteiger partial charge on any atom is 0.380 e. The highest BCUT2D eigenvalue weighted by molar-refractivity contribution is 7.84. The Kier molecular flexibility index (Phi) is 4.70. The number of hydrogen-bond acceptors (Lipinski definition) is 5. The number of fused-ring (bicyclic) bond motifs is 1. The van der Waals surface area contributed by atoms with Crippen molar-refractivity contribution >= 4 is 27.0 Å². The molecule has 2 aromatic rings. The minimum absolute atomic E-state index is 0.139. The van der Waals surface area contributed by atoms with Crippen LogP contribution in [0.3, 0.4) is 0 Å². The minimum Gasteiger partial charge on any atom is -0.436 e. The average Bonchev–Trinajstić information content (AvgIpc) is 3.05. The van der Waals surface area contributed by atoms with Crippen LogP contribution in [-0.4, -0.2) is 13.4 Å². The molecule has 6 rings (SSSR count). The molecule has 6 nitrogen and oxygen atoms in total. The van der Waals surface area contributed by atoms with E-state index in [0.717, 1.165) is 31.1 Å². The molecule has 0 unspecified atom stereocenters. The number of rotatable bonds is 6. The van der Waals surface area contributed by atoms with Crippen molar-refractivity contribution in [1.82, 2.24) is 4.98 Å². The Labute approximate surface area is 171 Å². The van der Waals surface area contributed by atoms with E-state index >= 15 is 0 Å². The van der Waals surface area contributed by atoms with Gasteiger partial charge in [0.05, 0.1) is 0 Å². The van der Waals surface area contributed by atoms with Gasteiger partial charge >= 0.3 is 10.3 Å². The fraction of sp³-hybridized carbons (Fsp3) is 0.591. The summed E-state index contributed by atoms with van der Waals surface area (Å²) in [4.78, 5) is 4.78. The third-order valence-corrected chi connectivity index (χ3v) is 7.40. The molecule has 4 bridgehead atoms. The number of nitrogens with zero attached hydrogens (tertiary/aromatic N) is 1. The molecule has 4 fully saturated rings. The standard InChI is InChI=1S/C22H28N2O4S/c1-2-3-4-18(21-15-8-13-7-14(10-15)11-16(21)9-13)22-24-19-6-5-17(12-20(19)27-22)28-29(23,25)26/h5-6,12-16H,2-4,7-11H2,1H3,(H2,23,25,26). The Morgan fingerprint density at radius 1 is 1.17 bits per heavy atom. The summed E-state index contributed by atoms with van der Waals surface area (Å²) >= 11 is 0. The second-order valence-corrected chi connectivity index (χ2v) is 10.2. The molecular formula is C22H28N2O4S. The third kappa shape index (κ3) is 3.70. The lowest BCUT2D eigenvalue weighted by Crippen LogP contribution is -2.40. The van der Waals surface area contributed by atoms with Crippen LogP contribution in [0.15, 0.2) is 28.2 Å². The predicted octanol–water partition coefficient (Wildman–Crippen LogP) is 4.81. The van der Waals surface area contributed by atoms with Crippen LogP contribution >= 0.6 is 0 Å². The average molecular weight is 417 g/mol. The smallest absolute Gasteiger partial charge is 0.380 e. The number of benzene rings is 1. The van der Waals surface area contributed by atoms with E-state index in [1.54, 1.807) is 23.8 Å². The number of oxazole rings is 1. The van der Waals surface area contributed by atoms with Crippen LogP contribution in [0.5, 0.6) is 5.75 Å². The Balaban J connectivity index is 1.55. The minimum atomic E-state index is -4.07. The summed E-state index contributed by atoms with van der Waals surface area (Å²) in [5, 5.41) is 4.98. The molecule has 4 aliphatic rings. The van der Waals surface area contributed by atoms with Gasteiger partial charge in [0.2, 0.25) is 5.89 Å². The zero-order valence-corrected chi connectivity index (χ0v) is 17.6. The third-order valence-electron chi connectivity index (χ3n) is 6.98. The van der Waals surface area contributed by atoms with Crippen molar-refractivity contribution in [2.75, 3.05) is 0 Å². The summed E-state index contributed by atoms with van der Waals surface area (Å²) in [5.41, 5.74) is 4.14. The van der Waals surface area contributed by atoms with Crippen LogP contribution < -0.4 is 9.32 Å². The number of allylic oxidation sites excluding steroid dienone is 2. The molecule has 0 aliphatic heterocycles. The molecule has 2 N–H and O–H groups in total. The molecule has 4 saturated carbocycles. The lowest BCUT2D eigenvalue weighted by molar-refractivity contribution is 0.0700. The van der Waals surface area contributed by atoms with Gasteiger partial charge < -0.3 is 8.60 Å². The lowest BCUT2D eigenvalue weighted by Gasteiger charge is -2.52. The van der Waals surface area contributed by atoms with Gasteiger partial charge in [-0.25, -0.2) is 4.98 Å². The number of nitrogens with two attached hydrogens (primary N) is 1. The van der Waals surface area contributed by atoms with Crippen LogP contribution in [0.2, 0.25) is 0 Å². The highest BCUT2D eigenvalue weighted by atomic mass is 32.2. The van der Waals surface area contributed by atoms with Crippen molar-refractivity contribution in [3.8, 4) is 5.75 Å². The van der Waals surface area contributed by atoms with E-state index in [1.165, 1.54) is 37.7 Å². The summed E-state index contributed by atoms with van der Waals surface area (Å²) in [6.45, 7) is 2.21.